The molecule has 10 aromatic carbocycles. The summed E-state index contributed by atoms with van der Waals surface area (Å²) in [6.07, 6.45) is 1.79. The van der Waals surface area contributed by atoms with Gasteiger partial charge in [-0.15, -0.1) is 0 Å². The Morgan fingerprint density at radius 2 is 0.836 bits per heavy atom. The van der Waals surface area contributed by atoms with Gasteiger partial charge < -0.3 is 4.42 Å². The van der Waals surface area contributed by atoms with Gasteiger partial charge in [-0.2, -0.15) is 0 Å². The van der Waals surface area contributed by atoms with Crippen LogP contribution < -0.4 is 0 Å². The molecule has 0 unspecified atom stereocenters. The van der Waals surface area contributed by atoms with E-state index in [1.807, 2.05) is 115 Å². The highest BCUT2D eigenvalue weighted by Gasteiger charge is 2.18. The third-order valence-electron chi connectivity index (χ3n) is 10.8. The van der Waals surface area contributed by atoms with Crippen molar-refractivity contribution >= 4 is 54.1 Å². The van der Waals surface area contributed by atoms with Gasteiger partial charge in [0.2, 0.25) is 0 Å². The zero-order valence-corrected chi connectivity index (χ0v) is 29.4. The molecule has 0 radical (unpaired) electrons. The number of benzene rings is 10. The van der Waals surface area contributed by atoms with Crippen molar-refractivity contribution in [2.75, 3.05) is 0 Å². The monoisotopic (exact) mass is 706 g/mol. The SMILES string of the molecule is [2H]c1c([2H])c([2H])c2c(-c3ccc4ccc5ccccc5c4c3)c3c([2H])c([2H])c([2H])c([2H])c3c(-c3cccc(-c4cccc(-c5ccccc5-c5coc6ccccc56)c4)c3)c2c1[2H]. The maximum absolute atomic E-state index is 9.49. The minimum Gasteiger partial charge on any atom is -0.464 e. The van der Waals surface area contributed by atoms with Crippen molar-refractivity contribution in [1.29, 1.82) is 0 Å². The molecule has 0 amide bonds. The Labute approximate surface area is 330 Å². The number of hydrogen-bond acceptors (Lipinski definition) is 1. The van der Waals surface area contributed by atoms with E-state index in [9.17, 15) is 5.48 Å². The van der Waals surface area contributed by atoms with Gasteiger partial charge in [-0.05, 0) is 117 Å². The van der Waals surface area contributed by atoms with Crippen LogP contribution in [0.15, 0.2) is 211 Å². The van der Waals surface area contributed by atoms with Crippen molar-refractivity contribution in [1.82, 2.24) is 0 Å². The maximum Gasteiger partial charge on any atom is 0.134 e. The Hall–Kier alpha value is -7.22. The van der Waals surface area contributed by atoms with E-state index in [2.05, 4.69) is 36.4 Å². The van der Waals surface area contributed by atoms with E-state index < -0.39 is 24.2 Å². The van der Waals surface area contributed by atoms with E-state index in [-0.39, 0.29) is 45.7 Å². The Balaban J connectivity index is 1.18. The van der Waals surface area contributed by atoms with Crippen LogP contribution in [0.2, 0.25) is 0 Å². The second kappa shape index (κ2) is 12.7. The van der Waals surface area contributed by atoms with Crippen molar-refractivity contribution in [3.63, 3.8) is 0 Å². The normalized spacial score (nSPS) is 13.7. The molecule has 0 atom stereocenters. The van der Waals surface area contributed by atoms with Gasteiger partial charge in [0.05, 0.1) is 17.2 Å². The standard InChI is InChI=1S/C54H34O/c1-2-18-42-35(13-1)27-28-36-29-30-41(33-50(36)42)54-48-24-7-5-22-46(48)53(47-23-6-8-25-49(47)54)40-17-12-15-38(32-40)37-14-11-16-39(31-37)43-19-3-4-20-44(43)51-34-55-52-26-10-9-21-45(51)52/h1-34H/i5D,6D,7D,8D,22D,23D,24D,25D. The lowest BCUT2D eigenvalue weighted by atomic mass is 9.85. The molecule has 0 saturated carbocycles. The molecule has 0 aliphatic rings. The molecule has 1 aromatic heterocycles. The number of furan rings is 1. The van der Waals surface area contributed by atoms with Gasteiger partial charge in [0.1, 0.15) is 5.58 Å². The van der Waals surface area contributed by atoms with Crippen LogP contribution in [0.5, 0.6) is 0 Å². The molecule has 0 aliphatic heterocycles. The Morgan fingerprint density at radius 1 is 0.327 bits per heavy atom. The molecule has 1 heterocycles. The number of fused-ring (bicyclic) bond motifs is 6. The van der Waals surface area contributed by atoms with Crippen molar-refractivity contribution in [3.05, 3.63) is 206 Å². The quantitative estimate of drug-likeness (QED) is 0.128. The minimum absolute atomic E-state index is 0.179. The second-order valence-electron chi connectivity index (χ2n) is 13.8. The first-order valence-electron chi connectivity index (χ1n) is 22.3. The molecule has 0 N–H and O–H groups in total. The highest BCUT2D eigenvalue weighted by atomic mass is 16.3. The predicted octanol–water partition coefficient (Wildman–Crippen LogP) is 15.4. The molecular weight excluding hydrogens is 665 g/mol. The fraction of sp³-hybridized carbons (Fsp3) is 0. The zero-order chi connectivity index (χ0) is 43.3. The average molecular weight is 707 g/mol. The molecule has 256 valence electrons. The molecule has 1 heteroatoms. The van der Waals surface area contributed by atoms with Crippen LogP contribution in [0, 0.1) is 0 Å². The second-order valence-corrected chi connectivity index (χ2v) is 13.8. The molecule has 0 aliphatic carbocycles. The smallest absolute Gasteiger partial charge is 0.134 e. The molecule has 11 aromatic rings. The summed E-state index contributed by atoms with van der Waals surface area (Å²) in [7, 11) is 0. The van der Waals surface area contributed by atoms with Crippen LogP contribution in [-0.4, -0.2) is 0 Å². The van der Waals surface area contributed by atoms with Gasteiger partial charge in [-0.1, -0.05) is 176 Å². The highest BCUT2D eigenvalue weighted by molar-refractivity contribution is 6.22. The molecule has 0 spiro atoms. The van der Waals surface area contributed by atoms with Crippen LogP contribution in [-0.2, 0) is 0 Å². The summed E-state index contributed by atoms with van der Waals surface area (Å²) in [5.41, 5.74) is 8.27. The average Bonchev–Trinajstić information content (AvgIpc) is 3.77. The Bertz CT molecular complexity index is 3660. The largest absolute Gasteiger partial charge is 0.464 e. The molecule has 0 fully saturated rings. The van der Waals surface area contributed by atoms with Crippen molar-refractivity contribution in [2.45, 2.75) is 0 Å². The van der Waals surface area contributed by atoms with E-state index in [1.165, 1.54) is 0 Å². The summed E-state index contributed by atoms with van der Waals surface area (Å²) in [5.74, 6) is 0. The maximum atomic E-state index is 9.49. The minimum atomic E-state index is -0.433. The molecular formula is C54H34O. The van der Waals surface area contributed by atoms with Crippen molar-refractivity contribution in [2.24, 2.45) is 0 Å². The summed E-state index contributed by atoms with van der Waals surface area (Å²) in [4.78, 5) is 0. The summed E-state index contributed by atoms with van der Waals surface area (Å²) in [6, 6.07) is 47.0. The summed E-state index contributed by atoms with van der Waals surface area (Å²) in [6.45, 7) is 0. The van der Waals surface area contributed by atoms with Gasteiger partial charge in [0.15, 0.2) is 0 Å². The Morgan fingerprint density at radius 3 is 1.55 bits per heavy atom. The van der Waals surface area contributed by atoms with Crippen molar-refractivity contribution < 1.29 is 15.4 Å². The van der Waals surface area contributed by atoms with Gasteiger partial charge in [-0.25, -0.2) is 0 Å². The fourth-order valence-corrected chi connectivity index (χ4v) is 8.24. The number of para-hydroxylation sites is 1. The lowest BCUT2D eigenvalue weighted by Gasteiger charge is -2.19. The topological polar surface area (TPSA) is 13.1 Å². The Kier molecular flexibility index (Phi) is 5.59. The summed E-state index contributed by atoms with van der Waals surface area (Å²) in [5, 5.41) is 5.64. The van der Waals surface area contributed by atoms with E-state index in [0.717, 1.165) is 65.9 Å². The molecule has 11 rings (SSSR count). The van der Waals surface area contributed by atoms with Crippen LogP contribution in [0.3, 0.4) is 0 Å². The van der Waals surface area contributed by atoms with Gasteiger partial charge >= 0.3 is 0 Å². The lowest BCUT2D eigenvalue weighted by Crippen LogP contribution is -1.91. The van der Waals surface area contributed by atoms with Crippen LogP contribution >= 0.6 is 0 Å². The molecule has 55 heavy (non-hydrogen) atoms. The fourth-order valence-electron chi connectivity index (χ4n) is 8.24. The van der Waals surface area contributed by atoms with Gasteiger partial charge in [0, 0.05) is 10.9 Å². The number of hydrogen-bond donors (Lipinski definition) is 0. The first-order valence-corrected chi connectivity index (χ1v) is 18.3. The lowest BCUT2D eigenvalue weighted by molar-refractivity contribution is 0.617. The third-order valence-corrected chi connectivity index (χ3v) is 10.8. The van der Waals surface area contributed by atoms with Crippen LogP contribution in [0.25, 0.3) is 110 Å². The molecule has 0 bridgehead atoms. The van der Waals surface area contributed by atoms with Crippen molar-refractivity contribution in [3.8, 4) is 55.6 Å². The first-order chi connectivity index (χ1) is 30.6. The first kappa shape index (κ1) is 24.2. The van der Waals surface area contributed by atoms with Gasteiger partial charge in [-0.3, -0.25) is 0 Å². The highest BCUT2D eigenvalue weighted by Crippen LogP contribution is 2.45. The van der Waals surface area contributed by atoms with E-state index >= 15 is 0 Å². The van der Waals surface area contributed by atoms with E-state index in [0.29, 0.717) is 22.3 Å². The molecule has 1 nitrogen and oxygen atoms in total. The molecule has 0 saturated heterocycles. The van der Waals surface area contributed by atoms with E-state index in [1.54, 1.807) is 6.26 Å². The zero-order valence-electron chi connectivity index (χ0n) is 37.4. The number of rotatable bonds is 5. The van der Waals surface area contributed by atoms with Crippen LogP contribution in [0.1, 0.15) is 11.0 Å². The van der Waals surface area contributed by atoms with E-state index in [4.69, 9.17) is 9.90 Å². The predicted molar refractivity (Wildman–Crippen MR) is 233 cm³/mol. The summed E-state index contributed by atoms with van der Waals surface area (Å²) < 4.78 is 79.5. The summed E-state index contributed by atoms with van der Waals surface area (Å²) >= 11 is 0. The van der Waals surface area contributed by atoms with Gasteiger partial charge in [0.25, 0.3) is 0 Å². The van der Waals surface area contributed by atoms with Crippen LogP contribution in [0.4, 0.5) is 0 Å². The third kappa shape index (κ3) is 5.16.